The third kappa shape index (κ3) is 2.60. The molecule has 0 aliphatic rings. The minimum Gasteiger partial charge on any atom is -0.350 e. The van der Waals surface area contributed by atoms with Gasteiger partial charge in [0.2, 0.25) is 5.95 Å². The van der Waals surface area contributed by atoms with Gasteiger partial charge in [-0.3, -0.25) is 9.78 Å². The molecule has 0 saturated carbocycles. The minimum atomic E-state index is 0.465. The molecule has 16 heavy (non-hydrogen) atoms. The third-order valence-corrected chi connectivity index (χ3v) is 1.98. The summed E-state index contributed by atoms with van der Waals surface area (Å²) in [5.41, 5.74) is 1.51. The van der Waals surface area contributed by atoms with Crippen molar-refractivity contribution in [3.8, 4) is 0 Å². The number of nitrogens with zero attached hydrogens (tertiary/aromatic N) is 3. The Bertz CT molecular complexity index is 455. The van der Waals surface area contributed by atoms with Crippen molar-refractivity contribution in [3.63, 3.8) is 0 Å². The Morgan fingerprint density at radius 1 is 1.25 bits per heavy atom. The molecule has 5 nitrogen and oxygen atoms in total. The number of aromatic nitrogens is 3. The molecule has 2 aromatic heterocycles. The fourth-order valence-electron chi connectivity index (χ4n) is 1.17. The molecular formula is C11H10N4O. The highest BCUT2D eigenvalue weighted by Crippen LogP contribution is 2.02. The molecule has 2 aromatic rings. The Hall–Kier alpha value is -2.30. The molecule has 2 heterocycles. The lowest BCUT2D eigenvalue weighted by atomic mass is 10.3. The summed E-state index contributed by atoms with van der Waals surface area (Å²) in [5.74, 6) is 0.495. The molecular weight excluding hydrogens is 204 g/mol. The average molecular weight is 214 g/mol. The molecule has 2 rings (SSSR count). The van der Waals surface area contributed by atoms with Crippen LogP contribution in [0.5, 0.6) is 0 Å². The molecule has 0 radical (unpaired) electrons. The van der Waals surface area contributed by atoms with Gasteiger partial charge in [-0.2, -0.15) is 0 Å². The number of carbonyl (C=O) groups excluding carboxylic acids is 1. The number of pyridine rings is 1. The summed E-state index contributed by atoms with van der Waals surface area (Å²) in [6.45, 7) is 0.605. The maximum Gasteiger partial charge on any atom is 0.222 e. The molecule has 0 atom stereocenters. The summed E-state index contributed by atoms with van der Waals surface area (Å²) >= 11 is 0. The van der Waals surface area contributed by atoms with Crippen LogP contribution in [0, 0.1) is 0 Å². The van der Waals surface area contributed by atoms with E-state index >= 15 is 0 Å². The van der Waals surface area contributed by atoms with Crippen molar-refractivity contribution in [1.29, 1.82) is 0 Å². The van der Waals surface area contributed by atoms with Crippen LogP contribution in [0.25, 0.3) is 0 Å². The van der Waals surface area contributed by atoms with Crippen molar-refractivity contribution in [2.24, 2.45) is 0 Å². The molecule has 0 unspecified atom stereocenters. The molecule has 0 aliphatic carbocycles. The van der Waals surface area contributed by atoms with Crippen molar-refractivity contribution in [2.45, 2.75) is 6.54 Å². The van der Waals surface area contributed by atoms with E-state index in [0.29, 0.717) is 24.3 Å². The second kappa shape index (κ2) is 4.97. The number of hydrogen-bond acceptors (Lipinski definition) is 5. The summed E-state index contributed by atoms with van der Waals surface area (Å²) in [6, 6.07) is 3.83. The summed E-state index contributed by atoms with van der Waals surface area (Å²) in [5, 5.41) is 3.03. The van der Waals surface area contributed by atoms with Crippen LogP contribution in [-0.2, 0) is 6.54 Å². The fourth-order valence-corrected chi connectivity index (χ4v) is 1.17. The zero-order valence-corrected chi connectivity index (χ0v) is 8.50. The number of anilines is 1. The van der Waals surface area contributed by atoms with Crippen molar-refractivity contribution in [1.82, 2.24) is 15.0 Å². The maximum atomic E-state index is 10.4. The Labute approximate surface area is 92.6 Å². The molecule has 0 spiro atoms. The third-order valence-electron chi connectivity index (χ3n) is 1.98. The summed E-state index contributed by atoms with van der Waals surface area (Å²) < 4.78 is 0. The molecule has 5 heteroatoms. The zero-order valence-electron chi connectivity index (χ0n) is 8.50. The van der Waals surface area contributed by atoms with Crippen LogP contribution >= 0.6 is 0 Å². The van der Waals surface area contributed by atoms with E-state index in [1.165, 1.54) is 12.4 Å². The smallest absolute Gasteiger partial charge is 0.222 e. The van der Waals surface area contributed by atoms with Crippen LogP contribution < -0.4 is 5.32 Å². The van der Waals surface area contributed by atoms with E-state index in [2.05, 4.69) is 20.3 Å². The first-order valence-corrected chi connectivity index (χ1v) is 4.78. The molecule has 0 aliphatic heterocycles. The fraction of sp³-hybridized carbons (Fsp3) is 0.0909. The van der Waals surface area contributed by atoms with Crippen LogP contribution in [-0.4, -0.2) is 21.2 Å². The summed E-state index contributed by atoms with van der Waals surface area (Å²) in [7, 11) is 0. The lowest BCUT2D eigenvalue weighted by Gasteiger charge is -2.03. The Morgan fingerprint density at radius 3 is 2.69 bits per heavy atom. The van der Waals surface area contributed by atoms with E-state index in [9.17, 15) is 4.79 Å². The largest absolute Gasteiger partial charge is 0.350 e. The number of hydrogen-bond donors (Lipinski definition) is 1. The van der Waals surface area contributed by atoms with Gasteiger partial charge in [-0.15, -0.1) is 0 Å². The van der Waals surface area contributed by atoms with Crippen molar-refractivity contribution in [3.05, 3.63) is 48.0 Å². The normalized spacial score (nSPS) is 9.75. The Kier molecular flexibility index (Phi) is 3.18. The SMILES string of the molecule is O=Cc1cnc(NCc2cccnc2)nc1. The molecule has 0 bridgehead atoms. The Balaban J connectivity index is 1.97. The quantitative estimate of drug-likeness (QED) is 0.777. The lowest BCUT2D eigenvalue weighted by Crippen LogP contribution is -2.03. The van der Waals surface area contributed by atoms with Crippen molar-refractivity contribution >= 4 is 12.2 Å². The van der Waals surface area contributed by atoms with E-state index in [1.807, 2.05) is 12.1 Å². The average Bonchev–Trinajstić information content (AvgIpc) is 2.38. The molecule has 0 saturated heterocycles. The number of nitrogens with one attached hydrogen (secondary N) is 1. The predicted octanol–water partition coefficient (Wildman–Crippen LogP) is 1.30. The van der Waals surface area contributed by atoms with Gasteiger partial charge in [0, 0.05) is 31.3 Å². The standard InChI is InChI=1S/C11H10N4O/c16-8-10-6-14-11(15-7-10)13-5-9-2-1-3-12-4-9/h1-4,6-8H,5H2,(H,13,14,15). The van der Waals surface area contributed by atoms with E-state index in [-0.39, 0.29) is 0 Å². The predicted molar refractivity (Wildman–Crippen MR) is 59.0 cm³/mol. The number of rotatable bonds is 4. The monoisotopic (exact) mass is 214 g/mol. The van der Waals surface area contributed by atoms with Gasteiger partial charge in [0.15, 0.2) is 6.29 Å². The lowest BCUT2D eigenvalue weighted by molar-refractivity contribution is 0.112. The van der Waals surface area contributed by atoms with Gasteiger partial charge in [-0.05, 0) is 11.6 Å². The second-order valence-corrected chi connectivity index (χ2v) is 3.17. The molecule has 80 valence electrons. The van der Waals surface area contributed by atoms with Gasteiger partial charge < -0.3 is 5.32 Å². The van der Waals surface area contributed by atoms with Crippen LogP contribution in [0.2, 0.25) is 0 Å². The topological polar surface area (TPSA) is 67.8 Å². The van der Waals surface area contributed by atoms with E-state index in [1.54, 1.807) is 12.4 Å². The van der Waals surface area contributed by atoms with Crippen LogP contribution in [0.3, 0.4) is 0 Å². The summed E-state index contributed by atoms with van der Waals surface area (Å²) in [4.78, 5) is 22.4. The molecule has 0 fully saturated rings. The van der Waals surface area contributed by atoms with Gasteiger partial charge >= 0.3 is 0 Å². The van der Waals surface area contributed by atoms with Crippen LogP contribution in [0.15, 0.2) is 36.9 Å². The van der Waals surface area contributed by atoms with Gasteiger partial charge in [0.05, 0.1) is 5.56 Å². The zero-order chi connectivity index (χ0) is 11.2. The van der Waals surface area contributed by atoms with Crippen LogP contribution in [0.1, 0.15) is 15.9 Å². The van der Waals surface area contributed by atoms with Crippen molar-refractivity contribution < 1.29 is 4.79 Å². The van der Waals surface area contributed by atoms with Crippen LogP contribution in [0.4, 0.5) is 5.95 Å². The highest BCUT2D eigenvalue weighted by Gasteiger charge is 1.96. The van der Waals surface area contributed by atoms with Gasteiger partial charge in [0.25, 0.3) is 0 Å². The number of aldehydes is 1. The van der Waals surface area contributed by atoms with E-state index in [0.717, 1.165) is 5.56 Å². The minimum absolute atomic E-state index is 0.465. The first-order chi connectivity index (χ1) is 7.88. The summed E-state index contributed by atoms with van der Waals surface area (Å²) in [6.07, 6.45) is 7.16. The molecule has 0 aromatic carbocycles. The first-order valence-electron chi connectivity index (χ1n) is 4.78. The van der Waals surface area contributed by atoms with E-state index in [4.69, 9.17) is 0 Å². The number of carbonyl (C=O) groups is 1. The highest BCUT2D eigenvalue weighted by atomic mass is 16.1. The Morgan fingerprint density at radius 2 is 2.06 bits per heavy atom. The highest BCUT2D eigenvalue weighted by molar-refractivity contribution is 5.73. The first kappa shape index (κ1) is 10.2. The second-order valence-electron chi connectivity index (χ2n) is 3.17. The molecule has 0 amide bonds. The maximum absolute atomic E-state index is 10.4. The van der Waals surface area contributed by atoms with Crippen molar-refractivity contribution in [2.75, 3.05) is 5.32 Å². The van der Waals surface area contributed by atoms with Gasteiger partial charge in [-0.1, -0.05) is 6.07 Å². The van der Waals surface area contributed by atoms with Gasteiger partial charge in [-0.25, -0.2) is 9.97 Å². The van der Waals surface area contributed by atoms with Gasteiger partial charge in [0.1, 0.15) is 0 Å². The van der Waals surface area contributed by atoms with E-state index < -0.39 is 0 Å². The molecule has 1 N–H and O–H groups in total.